The van der Waals surface area contributed by atoms with Crippen LogP contribution in [0.5, 0.6) is 0 Å². The van der Waals surface area contributed by atoms with Gasteiger partial charge < -0.3 is 10.8 Å². The largest absolute Gasteiger partial charge is 0.396 e. The second kappa shape index (κ2) is 3.74. The van der Waals surface area contributed by atoms with Crippen molar-refractivity contribution in [2.45, 2.75) is 26.8 Å². The molecule has 1 unspecified atom stereocenters. The van der Waals surface area contributed by atoms with Gasteiger partial charge in [0.1, 0.15) is 5.01 Å². The molecule has 3 nitrogen and oxygen atoms in total. The van der Waals surface area contributed by atoms with Crippen LogP contribution in [-0.4, -0.2) is 16.7 Å². The average Bonchev–Trinajstić information content (AvgIpc) is 2.50. The first-order chi connectivity index (χ1) is 5.97. The van der Waals surface area contributed by atoms with Gasteiger partial charge in [0.05, 0.1) is 12.6 Å². The van der Waals surface area contributed by atoms with Gasteiger partial charge in [-0.15, -0.1) is 11.3 Å². The fourth-order valence-corrected chi connectivity index (χ4v) is 1.95. The molecule has 0 aliphatic rings. The predicted molar refractivity (Wildman–Crippen MR) is 54.6 cm³/mol. The van der Waals surface area contributed by atoms with Gasteiger partial charge in [-0.05, 0) is 6.92 Å². The van der Waals surface area contributed by atoms with E-state index < -0.39 is 0 Å². The summed E-state index contributed by atoms with van der Waals surface area (Å²) in [6.45, 7) is 5.90. The van der Waals surface area contributed by atoms with Gasteiger partial charge in [-0.25, -0.2) is 4.98 Å². The Morgan fingerprint density at radius 1 is 1.69 bits per heavy atom. The van der Waals surface area contributed by atoms with Crippen LogP contribution in [-0.2, 0) is 0 Å². The molecule has 0 saturated carbocycles. The van der Waals surface area contributed by atoms with E-state index in [0.29, 0.717) is 0 Å². The summed E-state index contributed by atoms with van der Waals surface area (Å²) < 4.78 is 0. The minimum absolute atomic E-state index is 0.0762. The van der Waals surface area contributed by atoms with Crippen molar-refractivity contribution < 1.29 is 5.11 Å². The zero-order valence-electron chi connectivity index (χ0n) is 8.24. The number of aliphatic hydroxyl groups excluding tert-OH is 1. The molecular formula is C9H16N2OS. The first-order valence-electron chi connectivity index (χ1n) is 4.26. The summed E-state index contributed by atoms with van der Waals surface area (Å²) in [5.41, 5.74) is 6.67. The van der Waals surface area contributed by atoms with E-state index in [0.717, 1.165) is 10.7 Å². The number of hydrogen-bond acceptors (Lipinski definition) is 4. The van der Waals surface area contributed by atoms with Gasteiger partial charge in [0, 0.05) is 16.5 Å². The topological polar surface area (TPSA) is 59.1 Å². The third-order valence-electron chi connectivity index (χ3n) is 2.15. The van der Waals surface area contributed by atoms with Crippen LogP contribution in [0.15, 0.2) is 5.38 Å². The number of hydrogen-bond donors (Lipinski definition) is 2. The van der Waals surface area contributed by atoms with Crippen LogP contribution in [0.4, 0.5) is 0 Å². The third-order valence-corrected chi connectivity index (χ3v) is 3.20. The first kappa shape index (κ1) is 10.6. The van der Waals surface area contributed by atoms with Gasteiger partial charge in [-0.3, -0.25) is 0 Å². The van der Waals surface area contributed by atoms with Crippen LogP contribution >= 0.6 is 11.3 Å². The summed E-state index contributed by atoms with van der Waals surface area (Å²) in [4.78, 5) is 4.31. The highest BCUT2D eigenvalue weighted by Gasteiger charge is 2.28. The Bertz CT molecular complexity index is 283. The number of aryl methyl sites for hydroxylation is 1. The fourth-order valence-electron chi connectivity index (χ4n) is 0.948. The van der Waals surface area contributed by atoms with Crippen molar-refractivity contribution in [1.29, 1.82) is 0 Å². The summed E-state index contributed by atoms with van der Waals surface area (Å²) in [6.07, 6.45) is 0. The van der Waals surface area contributed by atoms with Gasteiger partial charge in [-0.1, -0.05) is 13.8 Å². The highest BCUT2D eigenvalue weighted by molar-refractivity contribution is 7.09. The van der Waals surface area contributed by atoms with Crippen molar-refractivity contribution in [2.24, 2.45) is 11.1 Å². The SMILES string of the molecule is Cc1csc(C(N)C(C)(C)CO)n1. The normalized spacial score (nSPS) is 14.5. The second-order valence-electron chi connectivity index (χ2n) is 3.95. The summed E-state index contributed by atoms with van der Waals surface area (Å²) in [7, 11) is 0. The lowest BCUT2D eigenvalue weighted by atomic mass is 9.86. The molecule has 3 N–H and O–H groups in total. The van der Waals surface area contributed by atoms with E-state index >= 15 is 0 Å². The molecule has 0 aromatic carbocycles. The van der Waals surface area contributed by atoms with Crippen LogP contribution in [0, 0.1) is 12.3 Å². The van der Waals surface area contributed by atoms with Gasteiger partial charge in [0.15, 0.2) is 0 Å². The summed E-state index contributed by atoms with van der Waals surface area (Å²) in [6, 6.07) is -0.184. The van der Waals surface area contributed by atoms with Crippen molar-refractivity contribution >= 4 is 11.3 Å². The zero-order valence-corrected chi connectivity index (χ0v) is 9.06. The smallest absolute Gasteiger partial charge is 0.110 e. The Balaban J connectivity index is 2.84. The maximum atomic E-state index is 9.13. The molecule has 4 heteroatoms. The Labute approximate surface area is 82.6 Å². The van der Waals surface area contributed by atoms with Gasteiger partial charge in [0.2, 0.25) is 0 Å². The monoisotopic (exact) mass is 200 g/mol. The van der Waals surface area contributed by atoms with E-state index in [9.17, 15) is 0 Å². The molecule has 0 aliphatic heterocycles. The molecule has 0 saturated heterocycles. The predicted octanol–water partition coefficient (Wildman–Crippen LogP) is 1.47. The molecule has 74 valence electrons. The lowest BCUT2D eigenvalue weighted by Crippen LogP contribution is -2.32. The molecule has 1 rings (SSSR count). The maximum absolute atomic E-state index is 9.13. The van der Waals surface area contributed by atoms with Crippen molar-refractivity contribution in [3.05, 3.63) is 16.1 Å². The van der Waals surface area contributed by atoms with E-state index in [-0.39, 0.29) is 18.1 Å². The highest BCUT2D eigenvalue weighted by atomic mass is 32.1. The van der Waals surface area contributed by atoms with E-state index in [1.165, 1.54) is 0 Å². The summed E-state index contributed by atoms with van der Waals surface area (Å²) in [5.74, 6) is 0. The van der Waals surface area contributed by atoms with Gasteiger partial charge in [-0.2, -0.15) is 0 Å². The molecule has 13 heavy (non-hydrogen) atoms. The molecule has 0 fully saturated rings. The number of thiazole rings is 1. The second-order valence-corrected chi connectivity index (χ2v) is 4.84. The quantitative estimate of drug-likeness (QED) is 0.776. The van der Waals surface area contributed by atoms with Crippen molar-refractivity contribution in [3.8, 4) is 0 Å². The fraction of sp³-hybridized carbons (Fsp3) is 0.667. The Kier molecular flexibility index (Phi) is 3.05. The van der Waals surface area contributed by atoms with Crippen molar-refractivity contribution in [1.82, 2.24) is 4.98 Å². The van der Waals surface area contributed by atoms with Crippen molar-refractivity contribution in [2.75, 3.05) is 6.61 Å². The Morgan fingerprint density at radius 3 is 2.69 bits per heavy atom. The maximum Gasteiger partial charge on any atom is 0.110 e. The number of aliphatic hydroxyl groups is 1. The molecule has 1 aromatic heterocycles. The van der Waals surface area contributed by atoms with E-state index in [1.807, 2.05) is 26.2 Å². The van der Waals surface area contributed by atoms with Crippen LogP contribution < -0.4 is 5.73 Å². The standard InChI is InChI=1S/C9H16N2OS/c1-6-4-13-8(11-6)7(10)9(2,3)5-12/h4,7,12H,5,10H2,1-3H3. The zero-order chi connectivity index (χ0) is 10.1. The Morgan fingerprint density at radius 2 is 2.31 bits per heavy atom. The molecule has 0 bridgehead atoms. The van der Waals surface area contributed by atoms with E-state index in [4.69, 9.17) is 10.8 Å². The first-order valence-corrected chi connectivity index (χ1v) is 5.14. The van der Waals surface area contributed by atoms with E-state index in [2.05, 4.69) is 4.98 Å². The molecule has 1 heterocycles. The third kappa shape index (κ3) is 2.27. The molecule has 0 radical (unpaired) electrons. The van der Waals surface area contributed by atoms with E-state index in [1.54, 1.807) is 11.3 Å². The molecule has 0 aliphatic carbocycles. The summed E-state index contributed by atoms with van der Waals surface area (Å²) >= 11 is 1.55. The molecule has 1 atom stereocenters. The average molecular weight is 200 g/mol. The Hall–Kier alpha value is -0.450. The lowest BCUT2D eigenvalue weighted by molar-refractivity contribution is 0.132. The van der Waals surface area contributed by atoms with Crippen LogP contribution in [0.25, 0.3) is 0 Å². The number of aromatic nitrogens is 1. The minimum Gasteiger partial charge on any atom is -0.396 e. The number of nitrogens with zero attached hydrogens (tertiary/aromatic N) is 1. The lowest BCUT2D eigenvalue weighted by Gasteiger charge is -2.27. The van der Waals surface area contributed by atoms with Crippen LogP contribution in [0.1, 0.15) is 30.6 Å². The number of nitrogens with two attached hydrogens (primary N) is 1. The van der Waals surface area contributed by atoms with Gasteiger partial charge >= 0.3 is 0 Å². The number of rotatable bonds is 3. The van der Waals surface area contributed by atoms with Gasteiger partial charge in [0.25, 0.3) is 0 Å². The van der Waals surface area contributed by atoms with Crippen LogP contribution in [0.3, 0.4) is 0 Å². The van der Waals surface area contributed by atoms with Crippen LogP contribution in [0.2, 0.25) is 0 Å². The minimum atomic E-state index is -0.301. The molecule has 0 amide bonds. The molecule has 1 aromatic rings. The molecule has 0 spiro atoms. The molecular weight excluding hydrogens is 184 g/mol. The summed E-state index contributed by atoms with van der Waals surface area (Å²) in [5, 5.41) is 12.0. The van der Waals surface area contributed by atoms with Crippen molar-refractivity contribution in [3.63, 3.8) is 0 Å². The highest BCUT2D eigenvalue weighted by Crippen LogP contribution is 2.31.